The highest BCUT2D eigenvalue weighted by atomic mass is 32.1. The number of anilines is 2. The standard InChI is InChI=1S/C26H24N2O5S/c1-14-10-12-17(13-11-14)21-20-22(33-28(21)18-8-6-5-7-9-18)24(30)27(23(20)29)25-19(26(31)32-4)15(2)16(3)34-25/h5-13,20-22H,1-4H3/t20-,21+,22-/m0/s1. The van der Waals surface area contributed by atoms with Crippen LogP contribution in [-0.2, 0) is 19.2 Å². The van der Waals surface area contributed by atoms with E-state index < -0.39 is 29.9 Å². The van der Waals surface area contributed by atoms with E-state index in [0.29, 0.717) is 10.6 Å². The number of carbonyl (C=O) groups excluding carboxylic acids is 3. The summed E-state index contributed by atoms with van der Waals surface area (Å²) in [4.78, 5) is 48.1. The van der Waals surface area contributed by atoms with E-state index in [0.717, 1.165) is 26.6 Å². The van der Waals surface area contributed by atoms with E-state index in [4.69, 9.17) is 9.57 Å². The predicted octanol–water partition coefficient (Wildman–Crippen LogP) is 4.51. The number of aryl methyl sites for hydroxylation is 2. The van der Waals surface area contributed by atoms with Crippen LogP contribution in [0.1, 0.15) is 38.0 Å². The molecule has 0 saturated carbocycles. The number of fused-ring (bicyclic) bond motifs is 1. The zero-order valence-electron chi connectivity index (χ0n) is 19.3. The first kappa shape index (κ1) is 22.3. The minimum Gasteiger partial charge on any atom is -0.465 e. The van der Waals surface area contributed by atoms with Crippen molar-refractivity contribution in [3.05, 3.63) is 81.7 Å². The summed E-state index contributed by atoms with van der Waals surface area (Å²) in [6.45, 7) is 5.63. The van der Waals surface area contributed by atoms with Crippen molar-refractivity contribution in [2.75, 3.05) is 17.1 Å². The number of methoxy groups -OCH3 is 1. The molecule has 5 rings (SSSR count). The van der Waals surface area contributed by atoms with Gasteiger partial charge < -0.3 is 4.74 Å². The van der Waals surface area contributed by atoms with Gasteiger partial charge in [0.15, 0.2) is 6.10 Å². The predicted molar refractivity (Wildman–Crippen MR) is 129 cm³/mol. The lowest BCUT2D eigenvalue weighted by atomic mass is 9.90. The Morgan fingerprint density at radius 2 is 1.65 bits per heavy atom. The third-order valence-corrected chi connectivity index (χ3v) is 7.70. The molecular formula is C26H24N2O5S. The summed E-state index contributed by atoms with van der Waals surface area (Å²) in [6, 6.07) is 16.8. The molecular weight excluding hydrogens is 452 g/mol. The van der Waals surface area contributed by atoms with Crippen molar-refractivity contribution in [3.63, 3.8) is 0 Å². The number of hydrogen-bond donors (Lipinski definition) is 0. The van der Waals surface area contributed by atoms with Crippen LogP contribution in [0.4, 0.5) is 10.7 Å². The van der Waals surface area contributed by atoms with Crippen LogP contribution in [0.15, 0.2) is 54.6 Å². The maximum atomic E-state index is 13.9. The normalized spacial score (nSPS) is 21.8. The summed E-state index contributed by atoms with van der Waals surface area (Å²) in [5.74, 6) is -2.19. The summed E-state index contributed by atoms with van der Waals surface area (Å²) in [5.41, 5.74) is 3.67. The van der Waals surface area contributed by atoms with Crippen molar-refractivity contribution in [1.29, 1.82) is 0 Å². The van der Waals surface area contributed by atoms with Crippen LogP contribution in [-0.4, -0.2) is 31.0 Å². The van der Waals surface area contributed by atoms with E-state index in [-0.39, 0.29) is 11.5 Å². The van der Waals surface area contributed by atoms with E-state index >= 15 is 0 Å². The second-order valence-electron chi connectivity index (χ2n) is 8.54. The Labute approximate surface area is 201 Å². The van der Waals surface area contributed by atoms with Crippen LogP contribution in [0.25, 0.3) is 0 Å². The number of rotatable bonds is 4. The third-order valence-electron chi connectivity index (χ3n) is 6.50. The molecule has 0 aliphatic carbocycles. The van der Waals surface area contributed by atoms with Crippen molar-refractivity contribution >= 4 is 39.8 Å². The number of carbonyl (C=O) groups is 3. The molecule has 3 atom stereocenters. The van der Waals surface area contributed by atoms with E-state index in [1.54, 1.807) is 12.0 Å². The van der Waals surface area contributed by atoms with Gasteiger partial charge in [-0.2, -0.15) is 0 Å². The lowest BCUT2D eigenvalue weighted by Gasteiger charge is -2.28. The molecule has 2 aliphatic rings. The molecule has 1 aromatic heterocycles. The van der Waals surface area contributed by atoms with Gasteiger partial charge in [0.05, 0.1) is 24.4 Å². The number of para-hydroxylation sites is 1. The van der Waals surface area contributed by atoms with Crippen molar-refractivity contribution in [1.82, 2.24) is 0 Å². The molecule has 8 heteroatoms. The van der Waals surface area contributed by atoms with Gasteiger partial charge in [0.2, 0.25) is 5.91 Å². The average Bonchev–Trinajstić information content (AvgIpc) is 3.45. The SMILES string of the molecule is COC(=O)c1c(N2C(=O)[C@@H]3[C@H](ON(c4ccccc4)[C@@H]3c3ccc(C)cc3)C2=O)sc(C)c1C. The highest BCUT2D eigenvalue weighted by Crippen LogP contribution is 2.49. The molecule has 2 aliphatic heterocycles. The van der Waals surface area contributed by atoms with Gasteiger partial charge in [-0.15, -0.1) is 11.3 Å². The summed E-state index contributed by atoms with van der Waals surface area (Å²) in [6.07, 6.45) is -0.993. The lowest BCUT2D eigenvalue weighted by molar-refractivity contribution is -0.126. The summed E-state index contributed by atoms with van der Waals surface area (Å²) < 4.78 is 4.95. The molecule has 3 heterocycles. The topological polar surface area (TPSA) is 76.2 Å². The number of hydroxylamine groups is 1. The summed E-state index contributed by atoms with van der Waals surface area (Å²) >= 11 is 1.24. The zero-order chi connectivity index (χ0) is 24.1. The number of benzene rings is 2. The largest absolute Gasteiger partial charge is 0.465 e. The Morgan fingerprint density at radius 3 is 2.29 bits per heavy atom. The number of amides is 2. The monoisotopic (exact) mass is 476 g/mol. The van der Waals surface area contributed by atoms with Gasteiger partial charge >= 0.3 is 5.97 Å². The number of nitrogens with zero attached hydrogens (tertiary/aromatic N) is 2. The number of imide groups is 1. The summed E-state index contributed by atoms with van der Waals surface area (Å²) in [7, 11) is 1.29. The maximum absolute atomic E-state index is 13.9. The first-order chi connectivity index (χ1) is 16.3. The van der Waals surface area contributed by atoms with Gasteiger partial charge in [-0.25, -0.2) is 14.8 Å². The van der Waals surface area contributed by atoms with Crippen molar-refractivity contribution < 1.29 is 24.0 Å². The highest BCUT2D eigenvalue weighted by Gasteiger charge is 2.61. The minimum absolute atomic E-state index is 0.249. The van der Waals surface area contributed by atoms with Gasteiger partial charge in [-0.3, -0.25) is 14.4 Å². The van der Waals surface area contributed by atoms with Gasteiger partial charge in [0, 0.05) is 4.88 Å². The molecule has 3 aromatic rings. The molecule has 174 valence electrons. The Hall–Kier alpha value is -3.49. The zero-order valence-corrected chi connectivity index (χ0v) is 20.1. The van der Waals surface area contributed by atoms with Crippen LogP contribution >= 0.6 is 11.3 Å². The molecule has 2 amide bonds. The fraction of sp³-hybridized carbons (Fsp3) is 0.269. The molecule has 0 spiro atoms. The van der Waals surface area contributed by atoms with E-state index in [1.165, 1.54) is 18.4 Å². The average molecular weight is 477 g/mol. The molecule has 34 heavy (non-hydrogen) atoms. The second-order valence-corrected chi connectivity index (χ2v) is 9.74. The second kappa shape index (κ2) is 8.38. The molecule has 0 bridgehead atoms. The van der Waals surface area contributed by atoms with Crippen molar-refractivity contribution in [2.45, 2.75) is 32.9 Å². The number of esters is 1. The molecule has 2 saturated heterocycles. The Kier molecular flexibility index (Phi) is 5.50. The molecule has 0 radical (unpaired) electrons. The molecule has 2 fully saturated rings. The highest BCUT2D eigenvalue weighted by molar-refractivity contribution is 7.17. The number of thiophene rings is 1. The van der Waals surface area contributed by atoms with E-state index in [1.807, 2.05) is 68.4 Å². The van der Waals surface area contributed by atoms with Crippen LogP contribution in [0.5, 0.6) is 0 Å². The van der Waals surface area contributed by atoms with Crippen LogP contribution in [0, 0.1) is 26.7 Å². The molecule has 7 nitrogen and oxygen atoms in total. The Bertz CT molecular complexity index is 1280. The first-order valence-corrected chi connectivity index (χ1v) is 11.8. The van der Waals surface area contributed by atoms with Crippen LogP contribution in [0.3, 0.4) is 0 Å². The smallest absolute Gasteiger partial charge is 0.341 e. The first-order valence-electron chi connectivity index (χ1n) is 11.0. The fourth-order valence-corrected chi connectivity index (χ4v) is 5.78. The minimum atomic E-state index is -0.993. The van der Waals surface area contributed by atoms with Gasteiger partial charge in [-0.1, -0.05) is 48.0 Å². The maximum Gasteiger partial charge on any atom is 0.341 e. The van der Waals surface area contributed by atoms with Crippen LogP contribution in [0.2, 0.25) is 0 Å². The van der Waals surface area contributed by atoms with Crippen molar-refractivity contribution in [2.24, 2.45) is 5.92 Å². The van der Waals surface area contributed by atoms with Crippen molar-refractivity contribution in [3.8, 4) is 0 Å². The number of ether oxygens (including phenoxy) is 1. The fourth-order valence-electron chi connectivity index (χ4n) is 4.62. The molecule has 0 N–H and O–H groups in total. The quantitative estimate of drug-likeness (QED) is 0.407. The van der Waals surface area contributed by atoms with E-state index in [2.05, 4.69) is 0 Å². The van der Waals surface area contributed by atoms with Gasteiger partial charge in [0.25, 0.3) is 5.91 Å². The van der Waals surface area contributed by atoms with Gasteiger partial charge in [0.1, 0.15) is 10.9 Å². The summed E-state index contributed by atoms with van der Waals surface area (Å²) in [5, 5.41) is 1.96. The molecule has 0 unspecified atom stereocenters. The molecule has 2 aromatic carbocycles. The Morgan fingerprint density at radius 1 is 0.971 bits per heavy atom. The number of hydrogen-bond acceptors (Lipinski definition) is 7. The lowest BCUT2D eigenvalue weighted by Crippen LogP contribution is -2.37. The Balaban J connectivity index is 1.61. The van der Waals surface area contributed by atoms with Gasteiger partial charge in [-0.05, 0) is 44.0 Å². The van der Waals surface area contributed by atoms with E-state index in [9.17, 15) is 14.4 Å². The third kappa shape index (κ3) is 3.33. The van der Waals surface area contributed by atoms with Crippen LogP contribution < -0.4 is 9.96 Å².